The maximum Gasteiger partial charge on any atom is -0.00258 e. The van der Waals surface area contributed by atoms with Crippen LogP contribution in [0.4, 0.5) is 0 Å². The highest BCUT2D eigenvalue weighted by Gasteiger charge is 1.94. The molecule has 0 fully saturated rings. The zero-order chi connectivity index (χ0) is 17.2. The Labute approximate surface area is 139 Å². The van der Waals surface area contributed by atoms with Crippen molar-refractivity contribution in [1.29, 1.82) is 0 Å². The molecule has 0 saturated heterocycles. The van der Waals surface area contributed by atoms with Crippen LogP contribution in [-0.2, 0) is 6.42 Å². The van der Waals surface area contributed by atoms with Gasteiger partial charge in [-0.15, -0.1) is 0 Å². The average molecular weight is 301 g/mol. The van der Waals surface area contributed by atoms with E-state index in [1.54, 1.807) is 0 Å². The smallest absolute Gasteiger partial charge is 0.00258 e. The summed E-state index contributed by atoms with van der Waals surface area (Å²) in [6.45, 7) is 14.6. The van der Waals surface area contributed by atoms with E-state index in [1.807, 2.05) is 13.8 Å². The van der Waals surface area contributed by atoms with Gasteiger partial charge >= 0.3 is 0 Å². The largest absolute Gasteiger partial charge is 0.0683 e. The normalized spacial score (nSPS) is 8.32. The Morgan fingerprint density at radius 1 is 0.591 bits per heavy atom. The topological polar surface area (TPSA) is 0 Å². The minimum Gasteiger partial charge on any atom is -0.0683 e. The monoisotopic (exact) mass is 300 g/mol. The van der Waals surface area contributed by atoms with E-state index < -0.39 is 0 Å². The van der Waals surface area contributed by atoms with E-state index in [0.29, 0.717) is 0 Å². The summed E-state index contributed by atoms with van der Waals surface area (Å²) < 4.78 is 0. The summed E-state index contributed by atoms with van der Waals surface area (Å²) in [5.41, 5.74) is 4.07. The third-order valence-corrected chi connectivity index (χ3v) is 2.37. The van der Waals surface area contributed by atoms with Crippen LogP contribution in [0.3, 0.4) is 0 Å². The predicted molar refractivity (Wildman–Crippen MR) is 104 cm³/mol. The van der Waals surface area contributed by atoms with Gasteiger partial charge in [0.15, 0.2) is 0 Å². The number of rotatable bonds is 2. The quantitative estimate of drug-likeness (QED) is 0.540. The predicted octanol–water partition coefficient (Wildman–Crippen LogP) is 7.44. The molecule has 0 bridgehead atoms. The van der Waals surface area contributed by atoms with Crippen LogP contribution in [-0.4, -0.2) is 0 Å². The van der Waals surface area contributed by atoms with E-state index in [1.165, 1.54) is 29.5 Å². The summed E-state index contributed by atoms with van der Waals surface area (Å²) in [4.78, 5) is 0. The van der Waals surface area contributed by atoms with Gasteiger partial charge in [-0.3, -0.25) is 0 Å². The van der Waals surface area contributed by atoms with Crippen molar-refractivity contribution in [2.75, 3.05) is 0 Å². The summed E-state index contributed by atoms with van der Waals surface area (Å²) in [7, 11) is 0. The van der Waals surface area contributed by atoms with Crippen LogP contribution < -0.4 is 0 Å². The Morgan fingerprint density at radius 2 is 0.955 bits per heavy atom. The molecule has 0 saturated carbocycles. The fraction of sp³-hybridized carbons (Fsp3) is 0.455. The van der Waals surface area contributed by atoms with Crippen LogP contribution in [0.2, 0.25) is 0 Å². The van der Waals surface area contributed by atoms with Crippen molar-refractivity contribution in [1.82, 2.24) is 0 Å². The summed E-state index contributed by atoms with van der Waals surface area (Å²) in [5.74, 6) is 0. The SMILES string of the molecule is CC.CCC.CCC.Cc1ccc(Cc2ccccc2)cc1. The van der Waals surface area contributed by atoms with Crippen LogP contribution in [0.15, 0.2) is 54.6 Å². The Kier molecular flexibility index (Phi) is 18.1. The van der Waals surface area contributed by atoms with Gasteiger partial charge in [0.2, 0.25) is 0 Å². The van der Waals surface area contributed by atoms with Crippen molar-refractivity contribution >= 4 is 0 Å². The van der Waals surface area contributed by atoms with E-state index in [9.17, 15) is 0 Å². The molecule has 0 amide bonds. The second-order valence-electron chi connectivity index (χ2n) is 5.06. The minimum atomic E-state index is 1.03. The first-order valence-electron chi connectivity index (χ1n) is 8.77. The molecule has 0 aromatic heterocycles. The summed E-state index contributed by atoms with van der Waals surface area (Å²) in [6, 6.07) is 19.3. The first kappa shape index (κ1) is 22.7. The van der Waals surface area contributed by atoms with Crippen molar-refractivity contribution in [3.63, 3.8) is 0 Å². The molecule has 0 aliphatic heterocycles. The van der Waals surface area contributed by atoms with Gasteiger partial charge in [0.25, 0.3) is 0 Å². The van der Waals surface area contributed by atoms with Crippen LogP contribution in [0.5, 0.6) is 0 Å². The van der Waals surface area contributed by atoms with Crippen molar-refractivity contribution < 1.29 is 0 Å². The van der Waals surface area contributed by atoms with Gasteiger partial charge in [-0.05, 0) is 24.5 Å². The molecular weight excluding hydrogens is 264 g/mol. The maximum atomic E-state index is 2.20. The van der Waals surface area contributed by atoms with Crippen LogP contribution in [0.25, 0.3) is 0 Å². The van der Waals surface area contributed by atoms with Crippen LogP contribution >= 0.6 is 0 Å². The second kappa shape index (κ2) is 17.5. The molecule has 0 spiro atoms. The molecule has 124 valence electrons. The van der Waals surface area contributed by atoms with Gasteiger partial charge in [0, 0.05) is 0 Å². The van der Waals surface area contributed by atoms with E-state index in [4.69, 9.17) is 0 Å². The first-order valence-corrected chi connectivity index (χ1v) is 8.77. The van der Waals surface area contributed by atoms with E-state index in [2.05, 4.69) is 89.2 Å². The molecular formula is C22H36. The Balaban J connectivity index is 0. The highest BCUT2D eigenvalue weighted by atomic mass is 14.0. The molecule has 2 aromatic rings. The van der Waals surface area contributed by atoms with Gasteiger partial charge in [-0.2, -0.15) is 0 Å². The molecule has 0 N–H and O–H groups in total. The molecule has 0 radical (unpaired) electrons. The molecule has 0 unspecified atom stereocenters. The molecule has 2 rings (SSSR count). The van der Waals surface area contributed by atoms with Gasteiger partial charge in [0.05, 0.1) is 0 Å². The maximum absolute atomic E-state index is 2.20. The number of hydrogen-bond donors (Lipinski definition) is 0. The lowest BCUT2D eigenvalue weighted by molar-refractivity contribution is 1.09. The molecule has 0 heteroatoms. The summed E-state index contributed by atoms with van der Waals surface area (Å²) >= 11 is 0. The average Bonchev–Trinajstić information content (AvgIpc) is 2.54. The molecule has 2 aromatic carbocycles. The zero-order valence-electron chi connectivity index (χ0n) is 15.8. The zero-order valence-corrected chi connectivity index (χ0v) is 15.8. The fourth-order valence-electron chi connectivity index (χ4n) is 1.54. The van der Waals surface area contributed by atoms with Gasteiger partial charge in [-0.1, -0.05) is 115 Å². The number of aryl methyl sites for hydroxylation is 1. The van der Waals surface area contributed by atoms with Gasteiger partial charge < -0.3 is 0 Å². The van der Waals surface area contributed by atoms with Gasteiger partial charge in [-0.25, -0.2) is 0 Å². The lowest BCUT2D eigenvalue weighted by atomic mass is 10.0. The van der Waals surface area contributed by atoms with Gasteiger partial charge in [0.1, 0.15) is 0 Å². The molecule has 0 heterocycles. The Hall–Kier alpha value is -1.56. The second-order valence-corrected chi connectivity index (χ2v) is 5.06. The van der Waals surface area contributed by atoms with Crippen molar-refractivity contribution in [2.24, 2.45) is 0 Å². The van der Waals surface area contributed by atoms with E-state index >= 15 is 0 Å². The molecule has 0 aliphatic carbocycles. The Morgan fingerprint density at radius 3 is 1.36 bits per heavy atom. The number of benzene rings is 2. The van der Waals surface area contributed by atoms with Crippen molar-refractivity contribution in [3.8, 4) is 0 Å². The lowest BCUT2D eigenvalue weighted by Crippen LogP contribution is -1.86. The first-order chi connectivity index (χ1) is 10.7. The third-order valence-electron chi connectivity index (χ3n) is 2.37. The molecule has 0 atom stereocenters. The summed E-state index contributed by atoms with van der Waals surface area (Å²) in [6.07, 6.45) is 3.53. The summed E-state index contributed by atoms with van der Waals surface area (Å²) in [5, 5.41) is 0. The Bertz CT molecular complexity index is 410. The van der Waals surface area contributed by atoms with E-state index in [-0.39, 0.29) is 0 Å². The van der Waals surface area contributed by atoms with Crippen LogP contribution in [0, 0.1) is 6.92 Å². The third kappa shape index (κ3) is 13.4. The van der Waals surface area contributed by atoms with Crippen molar-refractivity contribution in [3.05, 3.63) is 71.3 Å². The van der Waals surface area contributed by atoms with Crippen LogP contribution in [0.1, 0.15) is 71.1 Å². The molecule has 0 aliphatic rings. The standard InChI is InChI=1S/C14H14.2C3H8.C2H6/c1-12-7-9-14(10-8-12)11-13-5-3-2-4-6-13;2*1-3-2;1-2/h2-10H,11H2,1H3;2*3H2,1-2H3;1-2H3. The lowest BCUT2D eigenvalue weighted by Gasteiger charge is -2.01. The molecule has 22 heavy (non-hydrogen) atoms. The van der Waals surface area contributed by atoms with E-state index in [0.717, 1.165) is 6.42 Å². The minimum absolute atomic E-state index is 1.03. The highest BCUT2D eigenvalue weighted by molar-refractivity contribution is 5.27. The van der Waals surface area contributed by atoms with Crippen molar-refractivity contribution in [2.45, 2.75) is 67.7 Å². The molecule has 0 nitrogen and oxygen atoms in total. The highest BCUT2D eigenvalue weighted by Crippen LogP contribution is 2.09. The fourth-order valence-corrected chi connectivity index (χ4v) is 1.54. The number of hydrogen-bond acceptors (Lipinski definition) is 0.